The lowest BCUT2D eigenvalue weighted by atomic mass is 10.4. The molecule has 3 heterocycles. The summed E-state index contributed by atoms with van der Waals surface area (Å²) in [5.41, 5.74) is 0.279. The minimum atomic E-state index is -1.30. The molecule has 0 bridgehead atoms. The van der Waals surface area contributed by atoms with Gasteiger partial charge in [-0.3, -0.25) is 0 Å². The molecule has 0 amide bonds. The standard InChI is InChI=1S/C10H8N16O12/c11-20-3(1-18-9(23(31)32)5(14-25(35)36)7(16-18)21(27)28)12-13-4(20)2-19-10(24(33)34)6(15-26(37)38)8(17-19)22(29)30/h14-15H,1-2,11H2. The number of anilines is 2. The molecular weight excluding hydrogens is 536 g/mol. The molecule has 0 aromatic carbocycles. The lowest BCUT2D eigenvalue weighted by Crippen LogP contribution is -2.21. The first-order valence-electron chi connectivity index (χ1n) is 9.02. The number of nitrogens with zero attached hydrogens (tertiary/aromatic N) is 13. The van der Waals surface area contributed by atoms with Crippen LogP contribution in [0.3, 0.4) is 0 Å². The second kappa shape index (κ2) is 9.55. The SMILES string of the molecule is Nn1c(Cn2nc([N+](=O)[O-])c(N[N+](=O)[O-])c2[N+](=O)[O-])nnc1Cn1nc([N+](=O)[O-])c(N[N+](=O)[O-])c1[N+](=O)[O-]. The molecule has 0 aliphatic carbocycles. The fraction of sp³-hybridized carbons (Fsp3) is 0.200. The number of hydrazine groups is 2. The first kappa shape index (κ1) is 26.0. The summed E-state index contributed by atoms with van der Waals surface area (Å²) in [6.45, 7) is -1.70. The largest absolute Gasteiger partial charge is 0.449 e. The fourth-order valence-corrected chi connectivity index (χ4v) is 2.96. The number of nitrogens with two attached hydrogens (primary N) is 1. The zero-order chi connectivity index (χ0) is 28.5. The van der Waals surface area contributed by atoms with Gasteiger partial charge in [-0.15, -0.1) is 10.2 Å². The van der Waals surface area contributed by atoms with E-state index in [9.17, 15) is 60.7 Å². The molecule has 0 radical (unpaired) electrons. The van der Waals surface area contributed by atoms with Crippen LogP contribution in [0.4, 0.5) is 34.6 Å². The minimum Gasteiger partial charge on any atom is -0.358 e. The van der Waals surface area contributed by atoms with Gasteiger partial charge < -0.3 is 46.3 Å². The lowest BCUT2D eigenvalue weighted by Gasteiger charge is -2.00. The average Bonchev–Trinajstić information content (AvgIpc) is 3.43. The van der Waals surface area contributed by atoms with Crippen LogP contribution >= 0.6 is 0 Å². The zero-order valence-corrected chi connectivity index (χ0v) is 17.7. The van der Waals surface area contributed by atoms with Crippen LogP contribution in [0.25, 0.3) is 0 Å². The van der Waals surface area contributed by atoms with Gasteiger partial charge in [-0.25, -0.2) is 24.9 Å². The summed E-state index contributed by atoms with van der Waals surface area (Å²) in [6.07, 6.45) is 0. The Balaban J connectivity index is 2.04. The van der Waals surface area contributed by atoms with Crippen LogP contribution in [-0.2, 0) is 13.1 Å². The molecule has 0 aliphatic rings. The van der Waals surface area contributed by atoms with Crippen LogP contribution in [-0.4, -0.2) is 64.2 Å². The molecule has 3 aromatic heterocycles. The fourth-order valence-electron chi connectivity index (χ4n) is 2.96. The molecule has 0 saturated carbocycles. The number of hydrogen-bond donors (Lipinski definition) is 3. The summed E-state index contributed by atoms with van der Waals surface area (Å²) < 4.78 is 1.19. The van der Waals surface area contributed by atoms with Crippen molar-refractivity contribution in [3.63, 3.8) is 0 Å². The van der Waals surface area contributed by atoms with E-state index >= 15 is 0 Å². The van der Waals surface area contributed by atoms with Crippen LogP contribution in [0.1, 0.15) is 11.6 Å². The highest BCUT2D eigenvalue weighted by atomic mass is 16.7. The minimum absolute atomic E-state index is 0.321. The Bertz CT molecular complexity index is 1410. The van der Waals surface area contributed by atoms with Gasteiger partial charge in [0.1, 0.15) is 0 Å². The van der Waals surface area contributed by atoms with E-state index in [-0.39, 0.29) is 0 Å². The highest BCUT2D eigenvalue weighted by molar-refractivity contribution is 5.68. The number of aromatic nitrogens is 7. The van der Waals surface area contributed by atoms with Gasteiger partial charge in [0.25, 0.3) is 11.4 Å². The van der Waals surface area contributed by atoms with Gasteiger partial charge in [0.2, 0.25) is 0 Å². The molecule has 3 aromatic rings. The Morgan fingerprint density at radius 3 is 1.24 bits per heavy atom. The molecular formula is C10H8N16O12. The van der Waals surface area contributed by atoms with Crippen molar-refractivity contribution in [1.82, 2.24) is 34.4 Å². The van der Waals surface area contributed by atoms with Gasteiger partial charge in [0.15, 0.2) is 45.0 Å². The number of rotatable bonds is 12. The van der Waals surface area contributed by atoms with E-state index in [1.165, 1.54) is 10.9 Å². The third-order valence-corrected chi connectivity index (χ3v) is 4.33. The molecule has 0 atom stereocenters. The van der Waals surface area contributed by atoms with Crippen LogP contribution in [0.5, 0.6) is 0 Å². The molecule has 38 heavy (non-hydrogen) atoms. The first-order valence-corrected chi connectivity index (χ1v) is 9.02. The summed E-state index contributed by atoms with van der Waals surface area (Å²) in [5.74, 6) is -0.150. The summed E-state index contributed by atoms with van der Waals surface area (Å²) >= 11 is 0. The highest BCUT2D eigenvalue weighted by Gasteiger charge is 2.42. The monoisotopic (exact) mass is 544 g/mol. The van der Waals surface area contributed by atoms with Crippen molar-refractivity contribution >= 4 is 34.6 Å². The molecule has 4 N–H and O–H groups in total. The third-order valence-electron chi connectivity index (χ3n) is 4.33. The van der Waals surface area contributed by atoms with Crippen LogP contribution in [0.15, 0.2) is 0 Å². The molecule has 0 saturated heterocycles. The Hall–Kier alpha value is -6.64. The lowest BCUT2D eigenvalue weighted by molar-refractivity contribution is -0.449. The van der Waals surface area contributed by atoms with Crippen molar-refractivity contribution in [2.45, 2.75) is 13.1 Å². The molecule has 200 valence electrons. The number of nitrogen functional groups attached to an aromatic ring is 1. The topological polar surface area (TPSA) is 375 Å². The van der Waals surface area contributed by atoms with E-state index in [0.29, 0.717) is 14.0 Å². The predicted molar refractivity (Wildman–Crippen MR) is 111 cm³/mol. The van der Waals surface area contributed by atoms with Crippen molar-refractivity contribution in [2.24, 2.45) is 0 Å². The van der Waals surface area contributed by atoms with Crippen molar-refractivity contribution in [3.05, 3.63) is 72.3 Å². The van der Waals surface area contributed by atoms with E-state index in [1.807, 2.05) is 0 Å². The van der Waals surface area contributed by atoms with Gasteiger partial charge in [0, 0.05) is 0 Å². The van der Waals surface area contributed by atoms with Crippen LogP contribution in [0.2, 0.25) is 0 Å². The van der Waals surface area contributed by atoms with Crippen LogP contribution < -0.4 is 16.7 Å². The molecule has 0 unspecified atom stereocenters. The Kier molecular flexibility index (Phi) is 6.52. The van der Waals surface area contributed by atoms with Crippen molar-refractivity contribution < 1.29 is 29.8 Å². The quantitative estimate of drug-likeness (QED) is 0.130. The maximum absolute atomic E-state index is 11.4. The van der Waals surface area contributed by atoms with Gasteiger partial charge in [-0.1, -0.05) is 10.9 Å². The summed E-state index contributed by atoms with van der Waals surface area (Å²) in [4.78, 5) is 61.8. The van der Waals surface area contributed by atoms with E-state index < -0.39 is 89.1 Å². The van der Waals surface area contributed by atoms with Crippen molar-refractivity contribution in [3.8, 4) is 0 Å². The summed E-state index contributed by atoms with van der Waals surface area (Å²) in [6, 6.07) is 0. The van der Waals surface area contributed by atoms with Crippen LogP contribution in [0, 0.1) is 60.7 Å². The van der Waals surface area contributed by atoms with Crippen molar-refractivity contribution in [2.75, 3.05) is 16.7 Å². The predicted octanol–water partition coefficient (Wildman–Crippen LogP) is -1.68. The van der Waals surface area contributed by atoms with Gasteiger partial charge in [0.05, 0.1) is 0 Å². The maximum Gasteiger partial charge on any atom is 0.449 e. The maximum atomic E-state index is 11.4. The number of hydrogen-bond acceptors (Lipinski definition) is 17. The molecule has 0 aliphatic heterocycles. The first-order chi connectivity index (χ1) is 17.7. The Morgan fingerprint density at radius 2 is 0.974 bits per heavy atom. The molecule has 0 fully saturated rings. The highest BCUT2D eigenvalue weighted by Crippen LogP contribution is 2.35. The van der Waals surface area contributed by atoms with E-state index in [0.717, 1.165) is 0 Å². The second-order valence-corrected chi connectivity index (χ2v) is 6.53. The number of nitrogens with one attached hydrogen (secondary N) is 2. The Labute approximate surface area is 202 Å². The van der Waals surface area contributed by atoms with Gasteiger partial charge >= 0.3 is 23.3 Å². The van der Waals surface area contributed by atoms with Crippen molar-refractivity contribution in [1.29, 1.82) is 0 Å². The van der Waals surface area contributed by atoms with E-state index in [4.69, 9.17) is 5.84 Å². The van der Waals surface area contributed by atoms with Gasteiger partial charge in [-0.2, -0.15) is 0 Å². The normalized spacial score (nSPS) is 10.6. The Morgan fingerprint density at radius 1 is 0.632 bits per heavy atom. The molecule has 28 heteroatoms. The van der Waals surface area contributed by atoms with E-state index in [2.05, 4.69) is 20.4 Å². The molecule has 3 rings (SSSR count). The summed E-state index contributed by atoms with van der Waals surface area (Å²) in [7, 11) is 0. The third kappa shape index (κ3) is 4.77. The van der Waals surface area contributed by atoms with Gasteiger partial charge in [-0.05, 0) is 29.1 Å². The average molecular weight is 544 g/mol. The zero-order valence-electron chi connectivity index (χ0n) is 17.7. The number of nitro groups is 6. The summed E-state index contributed by atoms with van der Waals surface area (Å²) in [5, 5.41) is 77.9. The smallest absolute Gasteiger partial charge is 0.358 e. The molecule has 28 nitrogen and oxygen atoms in total. The van der Waals surface area contributed by atoms with E-state index in [1.54, 1.807) is 0 Å². The second-order valence-electron chi connectivity index (χ2n) is 6.53. The molecule has 0 spiro atoms.